The third-order valence-corrected chi connectivity index (χ3v) is 3.45. The molecule has 1 aliphatic carbocycles. The van der Waals surface area contributed by atoms with Crippen molar-refractivity contribution in [1.29, 1.82) is 0 Å². The summed E-state index contributed by atoms with van der Waals surface area (Å²) in [5, 5.41) is 0. The maximum Gasteiger partial charge on any atom is 0.223 e. The molecule has 12 heavy (non-hydrogen) atoms. The second kappa shape index (κ2) is 2.46. The molecule has 0 spiro atoms. The minimum Gasteiger partial charge on any atom is -0.369 e. The van der Waals surface area contributed by atoms with Crippen molar-refractivity contribution < 1.29 is 4.79 Å². The largest absolute Gasteiger partial charge is 0.369 e. The third-order valence-electron chi connectivity index (χ3n) is 3.45. The molecule has 1 atom stereocenters. The van der Waals surface area contributed by atoms with Gasteiger partial charge >= 0.3 is 0 Å². The Balaban J connectivity index is 2.05. The molecule has 2 N–H and O–H groups in total. The molecule has 1 saturated heterocycles. The van der Waals surface area contributed by atoms with E-state index in [4.69, 9.17) is 5.73 Å². The standard InChI is InChI=1S/C9H16N2O/c1-11-5-2-7(6-11)9(3-4-9)8(10)12/h7H,2-6H2,1H3,(H2,10,12). The maximum absolute atomic E-state index is 11.2. The average Bonchev–Trinajstić information content (AvgIpc) is 2.71. The van der Waals surface area contributed by atoms with Gasteiger partial charge in [-0.25, -0.2) is 0 Å². The Hall–Kier alpha value is -0.570. The molecular weight excluding hydrogens is 152 g/mol. The molecule has 2 fully saturated rings. The smallest absolute Gasteiger partial charge is 0.223 e. The Labute approximate surface area is 72.9 Å². The van der Waals surface area contributed by atoms with Gasteiger partial charge in [-0.05, 0) is 38.8 Å². The van der Waals surface area contributed by atoms with Crippen LogP contribution in [0.15, 0.2) is 0 Å². The van der Waals surface area contributed by atoms with Crippen LogP contribution in [-0.2, 0) is 4.79 Å². The minimum absolute atomic E-state index is 0.0669. The van der Waals surface area contributed by atoms with Crippen molar-refractivity contribution in [2.75, 3.05) is 20.1 Å². The van der Waals surface area contributed by atoms with E-state index in [0.717, 1.165) is 32.4 Å². The van der Waals surface area contributed by atoms with E-state index in [2.05, 4.69) is 11.9 Å². The van der Waals surface area contributed by atoms with Gasteiger partial charge in [-0.3, -0.25) is 4.79 Å². The van der Waals surface area contributed by atoms with Crippen LogP contribution in [-0.4, -0.2) is 30.9 Å². The fourth-order valence-electron chi connectivity index (χ4n) is 2.38. The van der Waals surface area contributed by atoms with Gasteiger partial charge in [0.05, 0.1) is 5.41 Å². The van der Waals surface area contributed by atoms with Crippen molar-refractivity contribution in [2.45, 2.75) is 19.3 Å². The minimum atomic E-state index is -0.0925. The van der Waals surface area contributed by atoms with E-state index < -0.39 is 0 Å². The molecule has 0 aromatic heterocycles. The Morgan fingerprint density at radius 2 is 2.25 bits per heavy atom. The lowest BCUT2D eigenvalue weighted by molar-refractivity contribution is -0.124. The number of hydrogen-bond acceptors (Lipinski definition) is 2. The van der Waals surface area contributed by atoms with E-state index >= 15 is 0 Å². The number of hydrogen-bond donors (Lipinski definition) is 1. The van der Waals surface area contributed by atoms with Crippen molar-refractivity contribution in [1.82, 2.24) is 4.90 Å². The molecule has 1 unspecified atom stereocenters. The van der Waals surface area contributed by atoms with Crippen molar-refractivity contribution in [3.8, 4) is 0 Å². The van der Waals surface area contributed by atoms with Crippen LogP contribution in [0.3, 0.4) is 0 Å². The first-order valence-corrected chi connectivity index (χ1v) is 4.63. The Morgan fingerprint density at radius 1 is 1.58 bits per heavy atom. The number of carbonyl (C=O) groups excluding carboxylic acids is 1. The van der Waals surface area contributed by atoms with Crippen LogP contribution in [0.4, 0.5) is 0 Å². The first-order chi connectivity index (χ1) is 5.65. The zero-order valence-electron chi connectivity index (χ0n) is 7.55. The van der Waals surface area contributed by atoms with Crippen LogP contribution in [0.5, 0.6) is 0 Å². The molecule has 1 aliphatic heterocycles. The number of primary amides is 1. The number of rotatable bonds is 2. The number of likely N-dealkylation sites (tertiary alicyclic amines) is 1. The predicted molar refractivity (Wildman–Crippen MR) is 46.5 cm³/mol. The quantitative estimate of drug-likeness (QED) is 0.640. The molecule has 0 bridgehead atoms. The van der Waals surface area contributed by atoms with Crippen molar-refractivity contribution in [3.63, 3.8) is 0 Å². The monoisotopic (exact) mass is 168 g/mol. The zero-order valence-corrected chi connectivity index (χ0v) is 7.55. The lowest BCUT2D eigenvalue weighted by atomic mass is 9.88. The third kappa shape index (κ3) is 1.04. The summed E-state index contributed by atoms with van der Waals surface area (Å²) in [5.41, 5.74) is 5.31. The Morgan fingerprint density at radius 3 is 2.58 bits per heavy atom. The lowest BCUT2D eigenvalue weighted by Crippen LogP contribution is -2.33. The van der Waals surface area contributed by atoms with Crippen LogP contribution >= 0.6 is 0 Å². The fraction of sp³-hybridized carbons (Fsp3) is 0.889. The molecule has 2 aliphatic rings. The van der Waals surface area contributed by atoms with Gasteiger partial charge in [0, 0.05) is 6.54 Å². The van der Waals surface area contributed by atoms with E-state index in [1.165, 1.54) is 0 Å². The highest BCUT2D eigenvalue weighted by atomic mass is 16.1. The fourth-order valence-corrected chi connectivity index (χ4v) is 2.38. The molecule has 2 rings (SSSR count). The number of nitrogens with zero attached hydrogens (tertiary/aromatic N) is 1. The molecule has 0 radical (unpaired) electrons. The summed E-state index contributed by atoms with van der Waals surface area (Å²) in [6, 6.07) is 0. The first-order valence-electron chi connectivity index (χ1n) is 4.63. The van der Waals surface area contributed by atoms with Gasteiger partial charge in [-0.2, -0.15) is 0 Å². The van der Waals surface area contributed by atoms with Crippen LogP contribution < -0.4 is 5.73 Å². The maximum atomic E-state index is 11.2. The van der Waals surface area contributed by atoms with Crippen molar-refractivity contribution in [3.05, 3.63) is 0 Å². The summed E-state index contributed by atoms with van der Waals surface area (Å²) < 4.78 is 0. The van der Waals surface area contributed by atoms with E-state index in [9.17, 15) is 4.79 Å². The van der Waals surface area contributed by atoms with Crippen LogP contribution in [0.2, 0.25) is 0 Å². The van der Waals surface area contributed by atoms with Gasteiger partial charge in [0.1, 0.15) is 0 Å². The Bertz CT molecular complexity index is 211. The normalized spacial score (nSPS) is 33.6. The molecule has 0 aromatic rings. The highest BCUT2D eigenvalue weighted by Crippen LogP contribution is 2.54. The van der Waals surface area contributed by atoms with E-state index in [-0.39, 0.29) is 11.3 Å². The SMILES string of the molecule is CN1CCC(C2(C(N)=O)CC2)C1. The second-order valence-corrected chi connectivity index (χ2v) is 4.27. The van der Waals surface area contributed by atoms with Gasteiger partial charge in [0.2, 0.25) is 5.91 Å². The predicted octanol–water partition coefficient (Wildman–Crippen LogP) is 0.204. The first kappa shape index (κ1) is 8.05. The number of carbonyl (C=O) groups is 1. The van der Waals surface area contributed by atoms with Gasteiger partial charge in [0.25, 0.3) is 0 Å². The molecule has 68 valence electrons. The molecule has 3 nitrogen and oxygen atoms in total. The number of nitrogens with two attached hydrogens (primary N) is 1. The zero-order chi connectivity index (χ0) is 8.77. The molecule has 1 amide bonds. The summed E-state index contributed by atoms with van der Waals surface area (Å²) in [6.45, 7) is 2.18. The number of amides is 1. The summed E-state index contributed by atoms with van der Waals surface area (Å²) in [5.74, 6) is 0.475. The topological polar surface area (TPSA) is 46.3 Å². The van der Waals surface area contributed by atoms with Gasteiger partial charge < -0.3 is 10.6 Å². The van der Waals surface area contributed by atoms with Gasteiger partial charge in [-0.1, -0.05) is 0 Å². The van der Waals surface area contributed by atoms with Crippen LogP contribution in [0.1, 0.15) is 19.3 Å². The van der Waals surface area contributed by atoms with Crippen molar-refractivity contribution in [2.24, 2.45) is 17.1 Å². The summed E-state index contributed by atoms with van der Waals surface area (Å²) in [6.07, 6.45) is 3.21. The van der Waals surface area contributed by atoms with Gasteiger partial charge in [0.15, 0.2) is 0 Å². The molecule has 1 heterocycles. The highest BCUT2D eigenvalue weighted by molar-refractivity contribution is 5.84. The molecular formula is C9H16N2O. The van der Waals surface area contributed by atoms with Crippen molar-refractivity contribution >= 4 is 5.91 Å². The average molecular weight is 168 g/mol. The molecule has 0 aromatic carbocycles. The second-order valence-electron chi connectivity index (χ2n) is 4.27. The summed E-state index contributed by atoms with van der Waals surface area (Å²) >= 11 is 0. The molecule has 1 saturated carbocycles. The van der Waals surface area contributed by atoms with Crippen LogP contribution in [0.25, 0.3) is 0 Å². The highest BCUT2D eigenvalue weighted by Gasteiger charge is 2.55. The Kier molecular flexibility index (Phi) is 1.65. The lowest BCUT2D eigenvalue weighted by Gasteiger charge is -2.18. The van der Waals surface area contributed by atoms with E-state index in [1.54, 1.807) is 0 Å². The van der Waals surface area contributed by atoms with E-state index in [1.807, 2.05) is 0 Å². The van der Waals surface area contributed by atoms with E-state index in [0.29, 0.717) is 5.92 Å². The molecule has 3 heteroatoms. The van der Waals surface area contributed by atoms with Gasteiger partial charge in [-0.15, -0.1) is 0 Å². The van der Waals surface area contributed by atoms with Crippen LogP contribution in [0, 0.1) is 11.3 Å². The summed E-state index contributed by atoms with van der Waals surface area (Å²) in [7, 11) is 2.11. The summed E-state index contributed by atoms with van der Waals surface area (Å²) in [4.78, 5) is 13.5.